The molecule has 1 fully saturated rings. The Balaban J connectivity index is 2.20. The maximum absolute atomic E-state index is 11.3. The zero-order valence-electron chi connectivity index (χ0n) is 14.1. The molecule has 4 nitrogen and oxygen atoms in total. The number of aliphatic carboxylic acids is 1. The maximum Gasteiger partial charge on any atom is 0.102 e. The number of benzene rings is 1. The second-order valence-electron chi connectivity index (χ2n) is 7.50. The monoisotopic (exact) mass is 304 g/mol. The molecule has 0 amide bonds. The first kappa shape index (κ1) is 17.0. The van der Waals surface area contributed by atoms with Crippen molar-refractivity contribution in [1.29, 1.82) is 0 Å². The van der Waals surface area contributed by atoms with E-state index in [1.54, 1.807) is 0 Å². The van der Waals surface area contributed by atoms with Crippen LogP contribution in [0.25, 0.3) is 0 Å². The SMILES string of the molecule is CC(ON1C(C)(C)CC(C(=O)[O-])CC1(C)C)c1ccccc1. The minimum Gasteiger partial charge on any atom is -0.550 e. The van der Waals surface area contributed by atoms with Gasteiger partial charge in [0.1, 0.15) is 6.10 Å². The predicted molar refractivity (Wildman–Crippen MR) is 83.7 cm³/mol. The lowest BCUT2D eigenvalue weighted by molar-refractivity contribution is -0.334. The summed E-state index contributed by atoms with van der Waals surface area (Å²) < 4.78 is 0. The molecule has 1 saturated heterocycles. The Kier molecular flexibility index (Phi) is 4.64. The van der Waals surface area contributed by atoms with Gasteiger partial charge in [-0.25, -0.2) is 0 Å². The van der Waals surface area contributed by atoms with Crippen molar-refractivity contribution in [1.82, 2.24) is 5.06 Å². The number of rotatable bonds is 4. The average Bonchev–Trinajstić information content (AvgIpc) is 2.42. The van der Waals surface area contributed by atoms with E-state index < -0.39 is 11.9 Å². The van der Waals surface area contributed by atoms with Crippen LogP contribution in [0.1, 0.15) is 59.1 Å². The van der Waals surface area contributed by atoms with Gasteiger partial charge in [-0.1, -0.05) is 30.3 Å². The number of carbonyl (C=O) groups excluding carboxylic acids is 1. The summed E-state index contributed by atoms with van der Waals surface area (Å²) in [6.07, 6.45) is 0.972. The second-order valence-corrected chi connectivity index (χ2v) is 7.50. The molecular formula is C18H26NO3-. The Labute approximate surface area is 133 Å². The molecule has 4 heteroatoms. The molecule has 0 N–H and O–H groups in total. The van der Waals surface area contributed by atoms with Crippen LogP contribution in [0, 0.1) is 5.92 Å². The molecule has 0 aromatic heterocycles. The van der Waals surface area contributed by atoms with E-state index in [9.17, 15) is 9.90 Å². The first-order valence-electron chi connectivity index (χ1n) is 7.86. The van der Waals surface area contributed by atoms with Crippen molar-refractivity contribution < 1.29 is 14.7 Å². The molecule has 0 saturated carbocycles. The zero-order chi connectivity index (χ0) is 16.5. The molecule has 0 spiro atoms. The molecule has 1 aliphatic heterocycles. The smallest absolute Gasteiger partial charge is 0.102 e. The van der Waals surface area contributed by atoms with Crippen molar-refractivity contribution in [2.75, 3.05) is 0 Å². The summed E-state index contributed by atoms with van der Waals surface area (Å²) in [5, 5.41) is 13.3. The van der Waals surface area contributed by atoms with Gasteiger partial charge in [-0.3, -0.25) is 4.84 Å². The number of carboxylic acid groups (broad SMARTS) is 1. The summed E-state index contributed by atoms with van der Waals surface area (Å²) in [6.45, 7) is 10.1. The van der Waals surface area contributed by atoms with Crippen molar-refractivity contribution in [3.63, 3.8) is 0 Å². The van der Waals surface area contributed by atoms with Crippen LogP contribution < -0.4 is 5.11 Å². The summed E-state index contributed by atoms with van der Waals surface area (Å²) in [6, 6.07) is 10.0. The number of hydrogen-bond donors (Lipinski definition) is 0. The largest absolute Gasteiger partial charge is 0.550 e. The van der Waals surface area contributed by atoms with Crippen LogP contribution in [-0.2, 0) is 9.63 Å². The number of hydroxylamine groups is 2. The van der Waals surface area contributed by atoms with E-state index in [0.717, 1.165) is 5.56 Å². The topological polar surface area (TPSA) is 52.6 Å². The van der Waals surface area contributed by atoms with E-state index in [4.69, 9.17) is 4.84 Å². The van der Waals surface area contributed by atoms with Gasteiger partial charge in [-0.15, -0.1) is 0 Å². The minimum atomic E-state index is -0.961. The van der Waals surface area contributed by atoms with Gasteiger partial charge in [0.15, 0.2) is 0 Å². The number of hydrogen-bond acceptors (Lipinski definition) is 4. The van der Waals surface area contributed by atoms with Crippen LogP contribution in [0.3, 0.4) is 0 Å². The highest BCUT2D eigenvalue weighted by atomic mass is 16.7. The third kappa shape index (κ3) is 3.50. The Bertz CT molecular complexity index is 506. The van der Waals surface area contributed by atoms with Gasteiger partial charge in [0.05, 0.1) is 0 Å². The Morgan fingerprint density at radius 3 is 2.14 bits per heavy atom. The third-order valence-electron chi connectivity index (χ3n) is 4.46. The third-order valence-corrected chi connectivity index (χ3v) is 4.46. The summed E-state index contributed by atoms with van der Waals surface area (Å²) in [5.74, 6) is -1.39. The maximum atomic E-state index is 11.3. The summed E-state index contributed by atoms with van der Waals surface area (Å²) in [7, 11) is 0. The van der Waals surface area contributed by atoms with Gasteiger partial charge < -0.3 is 9.90 Å². The van der Waals surface area contributed by atoms with Crippen LogP contribution in [-0.4, -0.2) is 22.1 Å². The second kappa shape index (κ2) is 6.01. The predicted octanol–water partition coefficient (Wildman–Crippen LogP) is 2.70. The van der Waals surface area contributed by atoms with Crippen LogP contribution in [0.2, 0.25) is 0 Å². The first-order valence-corrected chi connectivity index (χ1v) is 7.86. The standard InChI is InChI=1S/C18H27NO3/c1-13(14-9-7-6-8-10-14)22-19-17(2,3)11-15(16(20)21)12-18(19,4)5/h6-10,13,15H,11-12H2,1-5H3,(H,20,21)/p-1. The van der Waals surface area contributed by atoms with E-state index in [2.05, 4.69) is 0 Å². The zero-order valence-corrected chi connectivity index (χ0v) is 14.1. The molecule has 1 atom stereocenters. The first-order chi connectivity index (χ1) is 10.1. The number of carbonyl (C=O) groups is 1. The van der Waals surface area contributed by atoms with Crippen molar-refractivity contribution in [3.05, 3.63) is 35.9 Å². The fourth-order valence-electron chi connectivity index (χ4n) is 3.66. The van der Waals surface area contributed by atoms with E-state index in [-0.39, 0.29) is 17.2 Å². The normalized spacial score (nSPS) is 23.1. The van der Waals surface area contributed by atoms with E-state index >= 15 is 0 Å². The van der Waals surface area contributed by atoms with Crippen LogP contribution in [0.15, 0.2) is 30.3 Å². The lowest BCUT2D eigenvalue weighted by Crippen LogP contribution is -2.62. The van der Waals surface area contributed by atoms with E-state index in [0.29, 0.717) is 12.8 Å². The highest BCUT2D eigenvalue weighted by Gasteiger charge is 2.47. The quantitative estimate of drug-likeness (QED) is 0.858. The van der Waals surface area contributed by atoms with E-state index in [1.165, 1.54) is 0 Å². The molecule has 1 unspecified atom stereocenters. The van der Waals surface area contributed by atoms with Crippen molar-refractivity contribution in [2.45, 2.75) is 64.6 Å². The van der Waals surface area contributed by atoms with Crippen molar-refractivity contribution >= 4 is 5.97 Å². The number of piperidine rings is 1. The molecule has 0 bridgehead atoms. The number of nitrogens with zero attached hydrogens (tertiary/aromatic N) is 1. The van der Waals surface area contributed by atoms with Crippen LogP contribution in [0.5, 0.6) is 0 Å². The van der Waals surface area contributed by atoms with Crippen molar-refractivity contribution in [3.8, 4) is 0 Å². The molecule has 122 valence electrons. The molecule has 1 aliphatic rings. The number of carboxylic acids is 1. The molecule has 1 aromatic rings. The molecule has 2 rings (SSSR count). The van der Waals surface area contributed by atoms with E-state index in [1.807, 2.05) is 70.0 Å². The van der Waals surface area contributed by atoms with Gasteiger partial charge in [-0.2, -0.15) is 5.06 Å². The molecule has 0 aliphatic carbocycles. The van der Waals surface area contributed by atoms with Gasteiger partial charge in [0.2, 0.25) is 0 Å². The van der Waals surface area contributed by atoms with Gasteiger partial charge in [0, 0.05) is 23.0 Å². The van der Waals surface area contributed by atoms with Gasteiger partial charge in [0.25, 0.3) is 0 Å². The van der Waals surface area contributed by atoms with Crippen LogP contribution in [0.4, 0.5) is 0 Å². The van der Waals surface area contributed by atoms with Crippen molar-refractivity contribution in [2.24, 2.45) is 5.92 Å². The molecule has 1 aromatic carbocycles. The molecule has 22 heavy (non-hydrogen) atoms. The summed E-state index contributed by atoms with van der Waals surface area (Å²) in [5.41, 5.74) is 0.376. The Morgan fingerprint density at radius 2 is 1.68 bits per heavy atom. The Morgan fingerprint density at radius 1 is 1.18 bits per heavy atom. The van der Waals surface area contributed by atoms with Gasteiger partial charge in [-0.05, 0) is 53.0 Å². The molecule has 1 heterocycles. The van der Waals surface area contributed by atoms with Crippen LogP contribution >= 0.6 is 0 Å². The molecular weight excluding hydrogens is 278 g/mol. The van der Waals surface area contributed by atoms with Gasteiger partial charge >= 0.3 is 0 Å². The lowest BCUT2D eigenvalue weighted by atomic mass is 9.75. The highest BCUT2D eigenvalue weighted by molar-refractivity contribution is 5.68. The Hall–Kier alpha value is -1.39. The lowest BCUT2D eigenvalue weighted by Gasteiger charge is -2.54. The minimum absolute atomic E-state index is 0.0840. The summed E-state index contributed by atoms with van der Waals surface area (Å²) >= 11 is 0. The average molecular weight is 304 g/mol. The summed E-state index contributed by atoms with van der Waals surface area (Å²) in [4.78, 5) is 17.6. The fraction of sp³-hybridized carbons (Fsp3) is 0.611. The highest BCUT2D eigenvalue weighted by Crippen LogP contribution is 2.42. The molecule has 0 radical (unpaired) electrons. The fourth-order valence-corrected chi connectivity index (χ4v) is 3.66.